The Morgan fingerprint density at radius 2 is 2.04 bits per heavy atom. The molecule has 1 aromatic carbocycles. The molecule has 1 N–H and O–H groups in total. The molecule has 28 heavy (non-hydrogen) atoms. The third kappa shape index (κ3) is 8.20. The zero-order valence-corrected chi connectivity index (χ0v) is 18.7. The summed E-state index contributed by atoms with van der Waals surface area (Å²) < 4.78 is 5.85. The molecule has 1 aromatic heterocycles. The van der Waals surface area contributed by atoms with Gasteiger partial charge in [-0.15, -0.1) is 11.8 Å². The number of aliphatic hydroxyl groups is 1. The van der Waals surface area contributed by atoms with Gasteiger partial charge in [-0.3, -0.25) is 0 Å². The molecule has 0 aliphatic carbocycles. The van der Waals surface area contributed by atoms with Crippen molar-refractivity contribution < 1.29 is 49.3 Å². The first-order chi connectivity index (χ1) is 13.1. The topological polar surface area (TPSA) is 82.5 Å². The molecule has 5 nitrogen and oxygen atoms in total. The summed E-state index contributed by atoms with van der Waals surface area (Å²) in [5.74, 6) is 5.20. The predicted octanol–water partition coefficient (Wildman–Crippen LogP) is 0.155. The molecule has 0 fully saturated rings. The van der Waals surface area contributed by atoms with E-state index in [-0.39, 0.29) is 42.4 Å². The molecular weight excluding hydrogens is 365 g/mol. The van der Waals surface area contributed by atoms with Crippen molar-refractivity contribution in [2.24, 2.45) is 0 Å². The number of aliphatic hydroxyl groups excluding tert-OH is 1. The molecule has 144 valence electrons. The second-order valence-corrected chi connectivity index (χ2v) is 6.43. The van der Waals surface area contributed by atoms with E-state index in [9.17, 15) is 15.0 Å². The fourth-order valence-corrected chi connectivity index (χ4v) is 2.68. The third-order valence-corrected chi connectivity index (χ3v) is 4.17. The van der Waals surface area contributed by atoms with Crippen LogP contribution in [0.25, 0.3) is 10.9 Å². The molecule has 0 spiro atoms. The van der Waals surface area contributed by atoms with Crippen LogP contribution in [0.1, 0.15) is 63.5 Å². The second kappa shape index (κ2) is 13.6. The van der Waals surface area contributed by atoms with E-state index in [2.05, 4.69) is 23.7 Å². The first-order valence-corrected chi connectivity index (χ1v) is 9.48. The van der Waals surface area contributed by atoms with Crippen molar-refractivity contribution in [1.82, 2.24) is 4.98 Å². The van der Waals surface area contributed by atoms with Crippen LogP contribution < -0.4 is 39.4 Å². The van der Waals surface area contributed by atoms with E-state index in [0.29, 0.717) is 30.9 Å². The molecule has 0 amide bonds. The molecular formula is C22H26NNaO4. The van der Waals surface area contributed by atoms with Gasteiger partial charge in [-0.2, -0.15) is 0 Å². The van der Waals surface area contributed by atoms with Gasteiger partial charge in [0.05, 0.1) is 18.2 Å². The van der Waals surface area contributed by atoms with Crippen molar-refractivity contribution in [3.8, 4) is 17.7 Å². The third-order valence-electron chi connectivity index (χ3n) is 4.17. The van der Waals surface area contributed by atoms with Crippen LogP contribution in [0.5, 0.6) is 5.88 Å². The number of benzene rings is 1. The molecule has 6 heteroatoms. The Labute approximate surface area is 188 Å². The first-order valence-electron chi connectivity index (χ1n) is 9.48. The Morgan fingerprint density at radius 3 is 2.79 bits per heavy atom. The summed E-state index contributed by atoms with van der Waals surface area (Å²) in [5, 5.41) is 21.9. The first kappa shape index (κ1) is 24.5. The SMILES string of the molecule is CCCCCOc1nc2ccccc2cc1C(O)CC#CCCCC(=O)[O-].[Na+]. The van der Waals surface area contributed by atoms with E-state index in [1.807, 2.05) is 30.3 Å². The van der Waals surface area contributed by atoms with Gasteiger partial charge in [0.15, 0.2) is 0 Å². The molecule has 0 bridgehead atoms. The number of ether oxygens (including phenoxy) is 1. The van der Waals surface area contributed by atoms with Crippen molar-refractivity contribution in [2.75, 3.05) is 6.61 Å². The van der Waals surface area contributed by atoms with E-state index in [1.54, 1.807) is 0 Å². The number of aromatic nitrogens is 1. The number of nitrogens with zero attached hydrogens (tertiary/aromatic N) is 1. The number of carbonyl (C=O) groups is 1. The number of rotatable bonds is 10. The maximum absolute atomic E-state index is 10.6. The van der Waals surface area contributed by atoms with Gasteiger partial charge in [0.25, 0.3) is 0 Å². The number of pyridine rings is 1. The van der Waals surface area contributed by atoms with Gasteiger partial charge < -0.3 is 19.7 Å². The number of hydrogen-bond donors (Lipinski definition) is 1. The minimum Gasteiger partial charge on any atom is -0.550 e. The van der Waals surface area contributed by atoms with Gasteiger partial charge in [0, 0.05) is 29.8 Å². The van der Waals surface area contributed by atoms with Gasteiger partial charge in [-0.1, -0.05) is 38.0 Å². The molecule has 2 rings (SSSR count). The van der Waals surface area contributed by atoms with Crippen LogP contribution in [-0.4, -0.2) is 22.7 Å². The number of aliphatic carboxylic acids is 1. The van der Waals surface area contributed by atoms with E-state index in [4.69, 9.17) is 4.74 Å². The summed E-state index contributed by atoms with van der Waals surface area (Å²) >= 11 is 0. The molecule has 0 aliphatic rings. The molecule has 2 aromatic rings. The summed E-state index contributed by atoms with van der Waals surface area (Å²) in [6.07, 6.45) is 3.50. The van der Waals surface area contributed by atoms with Crippen LogP contribution in [0.4, 0.5) is 0 Å². The Hall–Kier alpha value is -1.58. The predicted molar refractivity (Wildman–Crippen MR) is 103 cm³/mol. The fourth-order valence-electron chi connectivity index (χ4n) is 2.68. The summed E-state index contributed by atoms with van der Waals surface area (Å²) in [7, 11) is 0. The number of fused-ring (bicyclic) bond motifs is 1. The summed E-state index contributed by atoms with van der Waals surface area (Å²) in [4.78, 5) is 14.9. The van der Waals surface area contributed by atoms with Gasteiger partial charge in [0.2, 0.25) is 5.88 Å². The van der Waals surface area contributed by atoms with Crippen LogP contribution in [0.2, 0.25) is 0 Å². The average Bonchev–Trinajstić information content (AvgIpc) is 2.67. The van der Waals surface area contributed by atoms with Crippen LogP contribution in [-0.2, 0) is 4.79 Å². The summed E-state index contributed by atoms with van der Waals surface area (Å²) in [6.45, 7) is 2.70. The Balaban J connectivity index is 0.00000392. The molecule has 0 aliphatic heterocycles. The molecule has 0 saturated carbocycles. The smallest absolute Gasteiger partial charge is 0.550 e. The molecule has 1 atom stereocenters. The monoisotopic (exact) mass is 391 g/mol. The summed E-state index contributed by atoms with van der Waals surface area (Å²) in [5.41, 5.74) is 1.46. The van der Waals surface area contributed by atoms with Crippen LogP contribution >= 0.6 is 0 Å². The minimum atomic E-state index is -1.07. The largest absolute Gasteiger partial charge is 1.00 e. The number of carbonyl (C=O) groups excluding carboxylic acids is 1. The zero-order valence-electron chi connectivity index (χ0n) is 16.7. The summed E-state index contributed by atoms with van der Waals surface area (Å²) in [6, 6.07) is 9.62. The van der Waals surface area contributed by atoms with Gasteiger partial charge in [-0.25, -0.2) is 4.98 Å². The van der Waals surface area contributed by atoms with Crippen LogP contribution in [0, 0.1) is 11.8 Å². The fraction of sp³-hybridized carbons (Fsp3) is 0.455. The van der Waals surface area contributed by atoms with E-state index >= 15 is 0 Å². The average molecular weight is 391 g/mol. The number of unbranched alkanes of at least 4 members (excludes halogenated alkanes) is 3. The van der Waals surface area contributed by atoms with Crippen molar-refractivity contribution >= 4 is 16.9 Å². The van der Waals surface area contributed by atoms with Crippen molar-refractivity contribution in [3.05, 3.63) is 35.9 Å². The van der Waals surface area contributed by atoms with E-state index in [0.717, 1.165) is 30.2 Å². The van der Waals surface area contributed by atoms with Gasteiger partial charge >= 0.3 is 29.6 Å². The normalized spacial score (nSPS) is 11.2. The van der Waals surface area contributed by atoms with Crippen molar-refractivity contribution in [2.45, 2.75) is 58.0 Å². The number of carboxylic acid groups (broad SMARTS) is 1. The Kier molecular flexibility index (Phi) is 11.9. The maximum Gasteiger partial charge on any atom is 1.00 e. The van der Waals surface area contributed by atoms with Crippen molar-refractivity contribution in [1.29, 1.82) is 0 Å². The molecule has 0 saturated heterocycles. The zero-order chi connectivity index (χ0) is 19.5. The Morgan fingerprint density at radius 1 is 1.25 bits per heavy atom. The van der Waals surface area contributed by atoms with Crippen LogP contribution in [0.15, 0.2) is 30.3 Å². The van der Waals surface area contributed by atoms with Gasteiger partial charge in [-0.05, 0) is 31.4 Å². The number of carboxylic acids is 1. The Bertz CT molecular complexity index is 813. The number of hydrogen-bond acceptors (Lipinski definition) is 5. The quantitative estimate of drug-likeness (QED) is 0.354. The van der Waals surface area contributed by atoms with Crippen molar-refractivity contribution in [3.63, 3.8) is 0 Å². The standard InChI is InChI=1S/C22H27NO4.Na/c1-2-3-10-15-27-22-18(16-17-11-8-9-12-19(17)23-22)20(24)13-6-4-5-7-14-21(25)26;/h8-9,11-12,16,20,24H,2-3,5,7,10,13-15H2,1H3,(H,25,26);/q;+1/p-1. The molecule has 1 heterocycles. The minimum absolute atomic E-state index is 0. The molecule has 0 radical (unpaired) electrons. The van der Waals surface area contributed by atoms with E-state index < -0.39 is 12.1 Å². The molecule has 1 unspecified atom stereocenters. The number of para-hydroxylation sites is 1. The van der Waals surface area contributed by atoms with Crippen LogP contribution in [0.3, 0.4) is 0 Å². The van der Waals surface area contributed by atoms with E-state index in [1.165, 1.54) is 0 Å². The maximum atomic E-state index is 10.6. The second-order valence-electron chi connectivity index (χ2n) is 6.43. The van der Waals surface area contributed by atoms with Gasteiger partial charge in [0.1, 0.15) is 0 Å².